The molecule has 0 radical (unpaired) electrons. The van der Waals surface area contributed by atoms with E-state index in [1.54, 1.807) is 0 Å². The number of hydrogen-bond donors (Lipinski definition) is 2. The van der Waals surface area contributed by atoms with Gasteiger partial charge in [0.2, 0.25) is 0 Å². The van der Waals surface area contributed by atoms with E-state index in [9.17, 15) is 0 Å². The molecule has 0 saturated carbocycles. The Morgan fingerprint density at radius 3 is 1.81 bits per heavy atom. The predicted molar refractivity (Wildman–Crippen MR) is 282 cm³/mol. The van der Waals surface area contributed by atoms with E-state index in [0.29, 0.717) is 0 Å². The lowest BCUT2D eigenvalue weighted by molar-refractivity contribution is 0.409. The Morgan fingerprint density at radius 1 is 0.420 bits per heavy atom. The molecular formula is C64H45N5. The number of fused-ring (bicyclic) bond motifs is 6. The van der Waals surface area contributed by atoms with E-state index >= 15 is 0 Å². The number of aliphatic imine (C=N–C) groups is 1. The van der Waals surface area contributed by atoms with Crippen LogP contribution in [0.4, 0.5) is 0 Å². The first-order valence-corrected chi connectivity index (χ1v) is 23.6. The fourth-order valence-electron chi connectivity index (χ4n) is 11.0. The van der Waals surface area contributed by atoms with E-state index < -0.39 is 5.41 Å². The first-order valence-electron chi connectivity index (χ1n) is 23.6. The van der Waals surface area contributed by atoms with Crippen LogP contribution in [0, 0.1) is 0 Å². The van der Waals surface area contributed by atoms with Gasteiger partial charge in [-0.25, -0.2) is 4.99 Å². The first kappa shape index (κ1) is 40.5. The molecule has 2 aliphatic rings. The van der Waals surface area contributed by atoms with Crippen LogP contribution in [0.25, 0.3) is 66.3 Å². The number of rotatable bonds is 8. The predicted octanol–water partition coefficient (Wildman–Crippen LogP) is 14.5. The number of amidine groups is 1. The van der Waals surface area contributed by atoms with Gasteiger partial charge in [-0.15, -0.1) is 0 Å². The summed E-state index contributed by atoms with van der Waals surface area (Å²) in [6, 6.07) is 85.5. The van der Waals surface area contributed by atoms with E-state index in [2.05, 4.69) is 235 Å². The Kier molecular flexibility index (Phi) is 9.88. The topological polar surface area (TPSA) is 62.2 Å². The monoisotopic (exact) mass is 883 g/mol. The molecule has 0 spiro atoms. The number of benzene rings is 9. The van der Waals surface area contributed by atoms with Crippen LogP contribution in [-0.2, 0) is 5.41 Å². The minimum atomic E-state index is -0.520. The average molecular weight is 884 g/mol. The van der Waals surface area contributed by atoms with Gasteiger partial charge in [-0.2, -0.15) is 0 Å². The van der Waals surface area contributed by atoms with Crippen molar-refractivity contribution >= 4 is 27.6 Å². The molecule has 2 N–H and O–H groups in total. The van der Waals surface area contributed by atoms with Crippen molar-refractivity contribution in [2.24, 2.45) is 4.99 Å². The molecule has 69 heavy (non-hydrogen) atoms. The maximum absolute atomic E-state index is 5.47. The summed E-state index contributed by atoms with van der Waals surface area (Å²) in [6.07, 6.45) is 3.26. The van der Waals surface area contributed by atoms with E-state index in [0.717, 1.165) is 72.1 Å². The maximum atomic E-state index is 5.47. The van der Waals surface area contributed by atoms with Crippen molar-refractivity contribution in [2.75, 3.05) is 0 Å². The number of nitrogens with zero attached hydrogens (tertiary/aromatic N) is 3. The maximum Gasteiger partial charge on any atom is 0.131 e. The lowest BCUT2D eigenvalue weighted by Crippen LogP contribution is -2.44. The Bertz CT molecular complexity index is 3680. The Labute approximate surface area is 401 Å². The van der Waals surface area contributed by atoms with Crippen molar-refractivity contribution in [1.82, 2.24) is 20.6 Å². The molecule has 326 valence electrons. The SMILES string of the molecule is c1ccc(C2=NC(c3cc(-c4ccc(-c5cccc6cnc7cccnc7c56)cc4)cc(-c4cccc5c4-c4ccccc4C5(c4ccccc4)c4ccccc4)c3)NC(c3ccccc3)N2)cc1. The van der Waals surface area contributed by atoms with Gasteiger partial charge in [0.15, 0.2) is 0 Å². The number of aromatic nitrogens is 2. The third kappa shape index (κ3) is 6.85. The van der Waals surface area contributed by atoms with Crippen molar-refractivity contribution in [1.29, 1.82) is 0 Å². The highest BCUT2D eigenvalue weighted by Crippen LogP contribution is 2.58. The van der Waals surface area contributed by atoms with Crippen LogP contribution in [0.15, 0.2) is 254 Å². The van der Waals surface area contributed by atoms with Crippen molar-refractivity contribution < 1.29 is 0 Å². The summed E-state index contributed by atoms with van der Waals surface area (Å²) in [6.45, 7) is 0. The largest absolute Gasteiger partial charge is 0.350 e. The van der Waals surface area contributed by atoms with Crippen molar-refractivity contribution in [2.45, 2.75) is 17.7 Å². The fourth-order valence-corrected chi connectivity index (χ4v) is 11.0. The third-order valence-corrected chi connectivity index (χ3v) is 14.1. The van der Waals surface area contributed by atoms with Crippen LogP contribution in [-0.4, -0.2) is 15.8 Å². The highest BCUT2D eigenvalue weighted by Gasteiger charge is 2.46. The lowest BCUT2D eigenvalue weighted by Gasteiger charge is -2.34. The van der Waals surface area contributed by atoms with E-state index in [4.69, 9.17) is 15.0 Å². The standard InChI is InChI=1S/C64H45N5/c1-5-18-44(19-6-1)61-67-62(45-20-7-2-8-21-45)69-63(68-61)49-39-47(42-33-35-43(36-34-42)52-28-15-22-46-41-66-57-32-17-37-65-60(57)58(46)52)38-48(40-49)53-29-16-31-56-59(53)54-27-13-14-30-55(54)64(56,50-23-9-3-10-24-50)51-25-11-4-12-26-51/h1-41,61,63,68H,(H,67,69). The van der Waals surface area contributed by atoms with Crippen molar-refractivity contribution in [3.05, 3.63) is 288 Å². The normalized spacial score (nSPS) is 15.8. The zero-order valence-corrected chi connectivity index (χ0v) is 37.7. The molecule has 2 unspecified atom stereocenters. The molecule has 2 atom stereocenters. The molecule has 1 aliphatic carbocycles. The van der Waals surface area contributed by atoms with Gasteiger partial charge in [-0.1, -0.05) is 206 Å². The lowest BCUT2D eigenvalue weighted by atomic mass is 9.67. The highest BCUT2D eigenvalue weighted by atomic mass is 15.3. The van der Waals surface area contributed by atoms with Gasteiger partial charge in [-0.3, -0.25) is 15.3 Å². The van der Waals surface area contributed by atoms with Gasteiger partial charge in [-0.05, 0) is 108 Å². The fraction of sp³-hybridized carbons (Fsp3) is 0.0469. The third-order valence-electron chi connectivity index (χ3n) is 14.1. The van der Waals surface area contributed by atoms with Crippen molar-refractivity contribution in [3.63, 3.8) is 0 Å². The second-order valence-corrected chi connectivity index (χ2v) is 18.0. The van der Waals surface area contributed by atoms with E-state index in [1.807, 2.05) is 24.5 Å². The average Bonchev–Trinajstić information content (AvgIpc) is 3.75. The number of pyridine rings is 2. The van der Waals surface area contributed by atoms with Gasteiger partial charge in [0.1, 0.15) is 18.2 Å². The molecule has 9 aromatic carbocycles. The van der Waals surface area contributed by atoms with Gasteiger partial charge >= 0.3 is 0 Å². The number of nitrogens with one attached hydrogen (secondary N) is 2. The Morgan fingerprint density at radius 2 is 1.04 bits per heavy atom. The van der Waals surface area contributed by atoms with Crippen molar-refractivity contribution in [3.8, 4) is 44.5 Å². The molecule has 0 bridgehead atoms. The van der Waals surface area contributed by atoms with Gasteiger partial charge in [0, 0.05) is 28.7 Å². The smallest absolute Gasteiger partial charge is 0.131 e. The quantitative estimate of drug-likeness (QED) is 0.149. The van der Waals surface area contributed by atoms with Crippen LogP contribution in [0.5, 0.6) is 0 Å². The van der Waals surface area contributed by atoms with Crippen LogP contribution in [0.2, 0.25) is 0 Å². The van der Waals surface area contributed by atoms with E-state index in [1.165, 1.54) is 38.9 Å². The molecule has 1 aliphatic heterocycles. The minimum absolute atomic E-state index is 0.179. The summed E-state index contributed by atoms with van der Waals surface area (Å²) in [5.41, 5.74) is 18.9. The summed E-state index contributed by atoms with van der Waals surface area (Å²) in [5.74, 6) is 0.849. The number of hydrogen-bond acceptors (Lipinski definition) is 5. The Balaban J connectivity index is 1.02. The first-order chi connectivity index (χ1) is 34.2. The minimum Gasteiger partial charge on any atom is -0.350 e. The van der Waals surface area contributed by atoms with E-state index in [-0.39, 0.29) is 12.3 Å². The molecule has 5 nitrogen and oxygen atoms in total. The zero-order chi connectivity index (χ0) is 45.7. The molecule has 3 heterocycles. The van der Waals surface area contributed by atoms with Crippen LogP contribution in [0.3, 0.4) is 0 Å². The molecule has 13 rings (SSSR count). The molecule has 0 amide bonds. The summed E-state index contributed by atoms with van der Waals surface area (Å²) in [4.78, 5) is 15.0. The zero-order valence-electron chi connectivity index (χ0n) is 37.7. The molecule has 11 aromatic rings. The van der Waals surface area contributed by atoms with Crippen LogP contribution in [0.1, 0.15) is 51.3 Å². The molecule has 0 saturated heterocycles. The summed E-state index contributed by atoms with van der Waals surface area (Å²) < 4.78 is 0. The summed E-state index contributed by atoms with van der Waals surface area (Å²) >= 11 is 0. The molecule has 5 heteroatoms. The second kappa shape index (κ2) is 16.8. The Hall–Kier alpha value is -8.77. The van der Waals surface area contributed by atoms with Crippen LogP contribution >= 0.6 is 0 Å². The highest BCUT2D eigenvalue weighted by molar-refractivity contribution is 6.11. The van der Waals surface area contributed by atoms with Crippen LogP contribution < -0.4 is 10.6 Å². The van der Waals surface area contributed by atoms with Gasteiger partial charge < -0.3 is 5.32 Å². The summed E-state index contributed by atoms with van der Waals surface area (Å²) in [7, 11) is 0. The molecule has 0 fully saturated rings. The summed E-state index contributed by atoms with van der Waals surface area (Å²) in [5, 5.41) is 9.84. The van der Waals surface area contributed by atoms with Gasteiger partial charge in [0.05, 0.1) is 16.4 Å². The van der Waals surface area contributed by atoms with Gasteiger partial charge in [0.25, 0.3) is 0 Å². The molecule has 2 aromatic heterocycles. The second-order valence-electron chi connectivity index (χ2n) is 18.0. The molecular weight excluding hydrogens is 839 g/mol.